The molecule has 0 aliphatic heterocycles. The number of hydrogen-bond donors (Lipinski definition) is 1. The van der Waals surface area contributed by atoms with Crippen LogP contribution in [0.25, 0.3) is 0 Å². The van der Waals surface area contributed by atoms with Gasteiger partial charge in [-0.25, -0.2) is 8.42 Å². The van der Waals surface area contributed by atoms with Gasteiger partial charge in [0.2, 0.25) is 0 Å². The van der Waals surface area contributed by atoms with Crippen molar-refractivity contribution in [1.29, 1.82) is 0 Å². The molecule has 0 radical (unpaired) electrons. The second kappa shape index (κ2) is 5.41. The Morgan fingerprint density at radius 2 is 2.06 bits per heavy atom. The molecule has 0 saturated heterocycles. The Labute approximate surface area is 96.8 Å². The minimum Gasteiger partial charge on any atom is -0.324 e. The maximum Gasteiger partial charge on any atom is 0.179 e. The summed E-state index contributed by atoms with van der Waals surface area (Å²) >= 11 is 0. The Hall–Kier alpha value is -0.940. The summed E-state index contributed by atoms with van der Waals surface area (Å²) < 4.78 is 23.3. The third-order valence-electron chi connectivity index (χ3n) is 2.50. The van der Waals surface area contributed by atoms with Crippen LogP contribution in [0.2, 0.25) is 0 Å². The highest BCUT2D eigenvalue weighted by Gasteiger charge is 2.14. The van der Waals surface area contributed by atoms with Crippen molar-refractivity contribution in [2.75, 3.05) is 5.75 Å². The Morgan fingerprint density at radius 3 is 2.62 bits per heavy atom. The topological polar surface area (TPSA) is 73.0 Å². The molecule has 0 bridgehead atoms. The molecule has 1 aromatic rings. The van der Waals surface area contributed by atoms with E-state index in [4.69, 9.17) is 5.73 Å². The van der Waals surface area contributed by atoms with E-state index in [1.807, 2.05) is 6.92 Å². The lowest BCUT2D eigenvalue weighted by Gasteiger charge is -2.11. The van der Waals surface area contributed by atoms with Gasteiger partial charge < -0.3 is 5.73 Å². The Bertz CT molecular complexity index is 443. The number of nitrogens with two attached hydrogens (primary N) is 1. The summed E-state index contributed by atoms with van der Waals surface area (Å²) in [6, 6.07) is 1.50. The van der Waals surface area contributed by atoms with E-state index in [2.05, 4.69) is 4.98 Å². The van der Waals surface area contributed by atoms with Crippen LogP contribution in [0.5, 0.6) is 0 Å². The monoisotopic (exact) mass is 242 g/mol. The molecular weight excluding hydrogens is 224 g/mol. The van der Waals surface area contributed by atoms with E-state index in [9.17, 15) is 8.42 Å². The molecular formula is C11H18N2O2S. The zero-order valence-electron chi connectivity index (χ0n) is 9.68. The van der Waals surface area contributed by atoms with Gasteiger partial charge in [-0.1, -0.05) is 20.3 Å². The second-order valence-electron chi connectivity index (χ2n) is 3.75. The summed E-state index contributed by atoms with van der Waals surface area (Å²) in [5.41, 5.74) is 6.71. The molecule has 1 atom stereocenters. The van der Waals surface area contributed by atoms with Gasteiger partial charge in [-0.3, -0.25) is 4.98 Å². The summed E-state index contributed by atoms with van der Waals surface area (Å²) in [6.07, 6.45) is 4.80. The van der Waals surface area contributed by atoms with Gasteiger partial charge in [0.1, 0.15) is 0 Å². The van der Waals surface area contributed by atoms with Crippen molar-refractivity contribution in [2.45, 2.75) is 37.6 Å². The fraction of sp³-hybridized carbons (Fsp3) is 0.545. The Morgan fingerprint density at radius 1 is 1.38 bits per heavy atom. The Balaban J connectivity index is 3.05. The highest BCUT2D eigenvalue weighted by Crippen LogP contribution is 2.18. The van der Waals surface area contributed by atoms with Crippen LogP contribution in [0.3, 0.4) is 0 Å². The van der Waals surface area contributed by atoms with Crippen molar-refractivity contribution < 1.29 is 8.42 Å². The van der Waals surface area contributed by atoms with Crippen LogP contribution in [-0.2, 0) is 9.84 Å². The number of sulfone groups is 1. The number of pyridine rings is 1. The van der Waals surface area contributed by atoms with Gasteiger partial charge in [0, 0.05) is 18.4 Å². The van der Waals surface area contributed by atoms with Crippen LogP contribution >= 0.6 is 0 Å². The van der Waals surface area contributed by atoms with Crippen molar-refractivity contribution >= 4 is 9.84 Å². The molecule has 0 fully saturated rings. The van der Waals surface area contributed by atoms with E-state index in [0.29, 0.717) is 0 Å². The van der Waals surface area contributed by atoms with Crippen LogP contribution in [0.4, 0.5) is 0 Å². The third-order valence-corrected chi connectivity index (χ3v) is 4.20. The molecule has 16 heavy (non-hydrogen) atoms. The molecule has 0 aliphatic rings. The lowest BCUT2D eigenvalue weighted by atomic mass is 10.1. The number of rotatable bonds is 5. The predicted molar refractivity (Wildman–Crippen MR) is 63.8 cm³/mol. The van der Waals surface area contributed by atoms with Gasteiger partial charge in [0.25, 0.3) is 0 Å². The average molecular weight is 242 g/mol. The average Bonchev–Trinajstić information content (AvgIpc) is 2.29. The maximum absolute atomic E-state index is 11.7. The first-order chi connectivity index (χ1) is 7.51. The molecule has 1 rings (SSSR count). The molecule has 0 aromatic carbocycles. The van der Waals surface area contributed by atoms with Crippen LogP contribution < -0.4 is 5.73 Å². The quantitative estimate of drug-likeness (QED) is 0.852. The summed E-state index contributed by atoms with van der Waals surface area (Å²) in [6.45, 7) is 3.66. The van der Waals surface area contributed by atoms with E-state index < -0.39 is 9.84 Å². The molecule has 1 heterocycles. The smallest absolute Gasteiger partial charge is 0.179 e. The first-order valence-electron chi connectivity index (χ1n) is 5.44. The van der Waals surface area contributed by atoms with Gasteiger partial charge in [0.15, 0.2) is 9.84 Å². The summed E-state index contributed by atoms with van der Waals surface area (Å²) in [7, 11) is -3.19. The van der Waals surface area contributed by atoms with Crippen molar-refractivity contribution in [2.24, 2.45) is 5.73 Å². The van der Waals surface area contributed by atoms with Crippen molar-refractivity contribution in [3.8, 4) is 0 Å². The SMILES string of the molecule is CCCC(N)c1cncc(S(=O)(=O)CC)c1. The van der Waals surface area contributed by atoms with Crippen molar-refractivity contribution in [3.05, 3.63) is 24.0 Å². The molecule has 1 aromatic heterocycles. The zero-order valence-corrected chi connectivity index (χ0v) is 10.5. The second-order valence-corrected chi connectivity index (χ2v) is 6.03. The normalized spacial score (nSPS) is 13.7. The predicted octanol–water partition coefficient (Wildman–Crippen LogP) is 1.68. The van der Waals surface area contributed by atoms with Gasteiger partial charge in [-0.2, -0.15) is 0 Å². The molecule has 5 heteroatoms. The van der Waals surface area contributed by atoms with Gasteiger partial charge in [-0.15, -0.1) is 0 Å². The standard InChI is InChI=1S/C11H18N2O2S/c1-3-5-11(12)9-6-10(8-13-7-9)16(14,15)4-2/h6-8,11H,3-5,12H2,1-2H3. The number of aromatic nitrogens is 1. The van der Waals surface area contributed by atoms with E-state index in [-0.39, 0.29) is 16.7 Å². The molecule has 0 aliphatic carbocycles. The zero-order chi connectivity index (χ0) is 12.2. The minimum atomic E-state index is -3.19. The highest BCUT2D eigenvalue weighted by molar-refractivity contribution is 7.91. The van der Waals surface area contributed by atoms with Crippen LogP contribution in [0.15, 0.2) is 23.4 Å². The largest absolute Gasteiger partial charge is 0.324 e. The van der Waals surface area contributed by atoms with Gasteiger partial charge in [0.05, 0.1) is 10.6 Å². The summed E-state index contributed by atoms with van der Waals surface area (Å²) in [5.74, 6) is 0.0845. The number of hydrogen-bond acceptors (Lipinski definition) is 4. The fourth-order valence-corrected chi connectivity index (χ4v) is 2.32. The molecule has 2 N–H and O–H groups in total. The van der Waals surface area contributed by atoms with Crippen molar-refractivity contribution in [3.63, 3.8) is 0 Å². The Kier molecular flexibility index (Phi) is 4.44. The summed E-state index contributed by atoms with van der Waals surface area (Å²) in [4.78, 5) is 4.21. The maximum atomic E-state index is 11.7. The van der Waals surface area contributed by atoms with E-state index >= 15 is 0 Å². The van der Waals surface area contributed by atoms with E-state index in [1.54, 1.807) is 19.2 Å². The summed E-state index contributed by atoms with van der Waals surface area (Å²) in [5, 5.41) is 0. The van der Waals surface area contributed by atoms with Gasteiger partial charge in [-0.05, 0) is 18.1 Å². The molecule has 0 saturated carbocycles. The van der Waals surface area contributed by atoms with E-state index in [1.165, 1.54) is 6.20 Å². The molecule has 0 amide bonds. The molecule has 4 nitrogen and oxygen atoms in total. The lowest BCUT2D eigenvalue weighted by molar-refractivity contribution is 0.595. The van der Waals surface area contributed by atoms with Gasteiger partial charge >= 0.3 is 0 Å². The number of nitrogens with zero attached hydrogens (tertiary/aromatic N) is 1. The minimum absolute atomic E-state index is 0.0845. The van der Waals surface area contributed by atoms with Crippen LogP contribution in [0.1, 0.15) is 38.3 Å². The van der Waals surface area contributed by atoms with Crippen LogP contribution in [-0.4, -0.2) is 19.2 Å². The van der Waals surface area contributed by atoms with Crippen LogP contribution in [0, 0.1) is 0 Å². The molecule has 90 valence electrons. The molecule has 0 spiro atoms. The highest BCUT2D eigenvalue weighted by atomic mass is 32.2. The van der Waals surface area contributed by atoms with E-state index in [0.717, 1.165) is 18.4 Å². The van der Waals surface area contributed by atoms with Crippen molar-refractivity contribution in [1.82, 2.24) is 4.98 Å². The fourth-order valence-electron chi connectivity index (χ4n) is 1.45. The molecule has 1 unspecified atom stereocenters. The third kappa shape index (κ3) is 3.02. The lowest BCUT2D eigenvalue weighted by Crippen LogP contribution is -2.12. The first kappa shape index (κ1) is 13.1. The first-order valence-corrected chi connectivity index (χ1v) is 7.09.